The first-order valence-electron chi connectivity index (χ1n) is 6.61. The van der Waals surface area contributed by atoms with Crippen LogP contribution in [0, 0.1) is 0 Å². The van der Waals surface area contributed by atoms with E-state index in [2.05, 4.69) is 28.7 Å². The maximum atomic E-state index is 4.28. The first kappa shape index (κ1) is 14.6. The zero-order valence-electron chi connectivity index (χ0n) is 11.0. The summed E-state index contributed by atoms with van der Waals surface area (Å²) in [6, 6.07) is 0.658. The number of hydrogen-bond acceptors (Lipinski definition) is 6. The van der Waals surface area contributed by atoms with Gasteiger partial charge in [-0.05, 0) is 32.1 Å². The second-order valence-corrected chi connectivity index (χ2v) is 8.06. The van der Waals surface area contributed by atoms with Crippen molar-refractivity contribution in [1.29, 1.82) is 0 Å². The Bertz CT molecular complexity index is 356. The van der Waals surface area contributed by atoms with Crippen molar-refractivity contribution < 1.29 is 0 Å². The molecular weight excluding hydrogens is 282 g/mol. The van der Waals surface area contributed by atoms with Crippen molar-refractivity contribution >= 4 is 34.9 Å². The van der Waals surface area contributed by atoms with Crippen LogP contribution in [-0.2, 0) is 0 Å². The maximum absolute atomic E-state index is 4.28. The van der Waals surface area contributed by atoms with Crippen LogP contribution in [0.25, 0.3) is 0 Å². The molecule has 0 saturated heterocycles. The van der Waals surface area contributed by atoms with Crippen LogP contribution in [0.4, 0.5) is 0 Å². The highest BCUT2D eigenvalue weighted by Crippen LogP contribution is 2.36. The lowest BCUT2D eigenvalue weighted by Crippen LogP contribution is -2.40. The number of hydrogen-bond donors (Lipinski definition) is 1. The van der Waals surface area contributed by atoms with E-state index >= 15 is 0 Å². The summed E-state index contributed by atoms with van der Waals surface area (Å²) in [5, 5.41) is 12.8. The van der Waals surface area contributed by atoms with E-state index < -0.39 is 0 Å². The summed E-state index contributed by atoms with van der Waals surface area (Å²) >= 11 is 5.34. The topological polar surface area (TPSA) is 37.8 Å². The minimum atomic E-state index is 0.658. The lowest BCUT2D eigenvalue weighted by molar-refractivity contribution is 0.384. The lowest BCUT2D eigenvalue weighted by atomic mass is 9.95. The van der Waals surface area contributed by atoms with Gasteiger partial charge in [-0.1, -0.05) is 54.6 Å². The van der Waals surface area contributed by atoms with Crippen LogP contribution in [0.2, 0.25) is 0 Å². The Morgan fingerprint density at radius 1 is 1.28 bits per heavy atom. The predicted molar refractivity (Wildman–Crippen MR) is 81.9 cm³/mol. The molecule has 1 N–H and O–H groups in total. The predicted octanol–water partition coefficient (Wildman–Crippen LogP) is 3.66. The number of rotatable bonds is 6. The summed E-state index contributed by atoms with van der Waals surface area (Å²) in [7, 11) is 0. The molecule has 1 aliphatic rings. The first-order chi connectivity index (χ1) is 8.83. The SMILES string of the molecule is CCCNC1CCCCC1Sc1nnc(SC)s1. The minimum absolute atomic E-state index is 0.658. The number of aromatic nitrogens is 2. The maximum Gasteiger partial charge on any atom is 0.175 e. The van der Waals surface area contributed by atoms with E-state index in [9.17, 15) is 0 Å². The third kappa shape index (κ3) is 4.11. The number of nitrogens with one attached hydrogen (secondary N) is 1. The van der Waals surface area contributed by atoms with Crippen molar-refractivity contribution in [3.63, 3.8) is 0 Å². The molecule has 1 heterocycles. The summed E-state index contributed by atoms with van der Waals surface area (Å²) in [6.07, 6.45) is 8.61. The molecular formula is C12H21N3S3. The molecule has 0 spiro atoms. The Balaban J connectivity index is 1.91. The van der Waals surface area contributed by atoms with E-state index in [0.717, 1.165) is 15.2 Å². The third-order valence-electron chi connectivity index (χ3n) is 3.17. The highest BCUT2D eigenvalue weighted by Gasteiger charge is 2.26. The van der Waals surface area contributed by atoms with Crippen LogP contribution in [-0.4, -0.2) is 34.3 Å². The average molecular weight is 304 g/mol. The van der Waals surface area contributed by atoms with Crippen LogP contribution in [0.3, 0.4) is 0 Å². The van der Waals surface area contributed by atoms with Crippen molar-refractivity contribution in [3.8, 4) is 0 Å². The monoisotopic (exact) mass is 303 g/mol. The highest BCUT2D eigenvalue weighted by molar-refractivity contribution is 8.03. The molecule has 6 heteroatoms. The Labute approximate surface area is 122 Å². The standard InChI is InChI=1S/C12H21N3S3/c1-3-8-13-9-6-4-5-7-10(9)17-12-15-14-11(16-2)18-12/h9-10,13H,3-8H2,1-2H3. The zero-order chi connectivity index (χ0) is 12.8. The van der Waals surface area contributed by atoms with E-state index in [1.807, 2.05) is 11.8 Å². The molecule has 0 amide bonds. The van der Waals surface area contributed by atoms with Crippen LogP contribution in [0.15, 0.2) is 8.68 Å². The van der Waals surface area contributed by atoms with Crippen LogP contribution >= 0.6 is 34.9 Å². The molecule has 1 aliphatic carbocycles. The fourth-order valence-electron chi connectivity index (χ4n) is 2.26. The second kappa shape index (κ2) is 7.72. The van der Waals surface area contributed by atoms with Gasteiger partial charge >= 0.3 is 0 Å². The first-order valence-corrected chi connectivity index (χ1v) is 9.53. The molecule has 1 fully saturated rings. The van der Waals surface area contributed by atoms with Gasteiger partial charge in [0.05, 0.1) is 0 Å². The molecule has 102 valence electrons. The van der Waals surface area contributed by atoms with Crippen molar-refractivity contribution in [1.82, 2.24) is 15.5 Å². The molecule has 1 aromatic rings. The van der Waals surface area contributed by atoms with Gasteiger partial charge in [-0.25, -0.2) is 0 Å². The van der Waals surface area contributed by atoms with Gasteiger partial charge in [0, 0.05) is 11.3 Å². The smallest absolute Gasteiger partial charge is 0.175 e. The van der Waals surface area contributed by atoms with Gasteiger partial charge in [0.1, 0.15) is 0 Å². The number of nitrogens with zero attached hydrogens (tertiary/aromatic N) is 2. The third-order valence-corrected chi connectivity index (χ3v) is 6.56. The van der Waals surface area contributed by atoms with Crippen LogP contribution in [0.1, 0.15) is 39.0 Å². The summed E-state index contributed by atoms with van der Waals surface area (Å²) in [5.74, 6) is 0. The molecule has 2 unspecified atom stereocenters. The molecule has 1 aromatic heterocycles. The Morgan fingerprint density at radius 3 is 2.78 bits per heavy atom. The summed E-state index contributed by atoms with van der Waals surface area (Å²) in [4.78, 5) is 0. The summed E-state index contributed by atoms with van der Waals surface area (Å²) in [6.45, 7) is 3.36. The van der Waals surface area contributed by atoms with Crippen LogP contribution < -0.4 is 5.32 Å². The van der Waals surface area contributed by atoms with Crippen LogP contribution in [0.5, 0.6) is 0 Å². The largest absolute Gasteiger partial charge is 0.313 e. The van der Waals surface area contributed by atoms with Crippen molar-refractivity contribution in [2.45, 2.75) is 59.0 Å². The van der Waals surface area contributed by atoms with E-state index in [0.29, 0.717) is 11.3 Å². The van der Waals surface area contributed by atoms with E-state index in [-0.39, 0.29) is 0 Å². The van der Waals surface area contributed by atoms with Gasteiger partial charge in [-0.2, -0.15) is 0 Å². The molecule has 18 heavy (non-hydrogen) atoms. The normalized spacial score (nSPS) is 24.3. The molecule has 0 aliphatic heterocycles. The van der Waals surface area contributed by atoms with Gasteiger partial charge in [0.15, 0.2) is 8.68 Å². The Kier molecular flexibility index (Phi) is 6.28. The van der Waals surface area contributed by atoms with Gasteiger partial charge in [0.2, 0.25) is 0 Å². The molecule has 0 radical (unpaired) electrons. The lowest BCUT2D eigenvalue weighted by Gasteiger charge is -2.31. The molecule has 0 aromatic carbocycles. The molecule has 2 rings (SSSR count). The molecule has 2 atom stereocenters. The quantitative estimate of drug-likeness (QED) is 0.812. The van der Waals surface area contributed by atoms with Gasteiger partial charge in [-0.15, -0.1) is 10.2 Å². The Morgan fingerprint density at radius 2 is 2.06 bits per heavy atom. The molecule has 0 bridgehead atoms. The van der Waals surface area contributed by atoms with Gasteiger partial charge in [-0.3, -0.25) is 0 Å². The summed E-state index contributed by atoms with van der Waals surface area (Å²) in [5.41, 5.74) is 0. The van der Waals surface area contributed by atoms with Gasteiger partial charge in [0.25, 0.3) is 0 Å². The van der Waals surface area contributed by atoms with E-state index in [4.69, 9.17) is 0 Å². The molecule has 1 saturated carbocycles. The molecule has 3 nitrogen and oxygen atoms in total. The number of thioether (sulfide) groups is 2. The van der Waals surface area contributed by atoms with E-state index in [1.165, 1.54) is 32.1 Å². The Hall–Kier alpha value is 0.220. The second-order valence-electron chi connectivity index (χ2n) is 4.54. The highest BCUT2D eigenvalue weighted by atomic mass is 32.2. The van der Waals surface area contributed by atoms with Crippen molar-refractivity contribution in [2.75, 3.05) is 12.8 Å². The minimum Gasteiger partial charge on any atom is -0.313 e. The summed E-state index contributed by atoms with van der Waals surface area (Å²) < 4.78 is 2.21. The van der Waals surface area contributed by atoms with Crippen molar-refractivity contribution in [2.24, 2.45) is 0 Å². The van der Waals surface area contributed by atoms with Gasteiger partial charge < -0.3 is 5.32 Å². The fourth-order valence-corrected chi connectivity index (χ4v) is 5.25. The average Bonchev–Trinajstić information content (AvgIpc) is 2.85. The fraction of sp³-hybridized carbons (Fsp3) is 0.833. The van der Waals surface area contributed by atoms with E-state index in [1.54, 1.807) is 23.1 Å². The van der Waals surface area contributed by atoms with Crippen molar-refractivity contribution in [3.05, 3.63) is 0 Å². The zero-order valence-corrected chi connectivity index (χ0v) is 13.5.